The van der Waals surface area contributed by atoms with Gasteiger partial charge in [-0.1, -0.05) is 18.2 Å². The van der Waals surface area contributed by atoms with Crippen LogP contribution in [-0.4, -0.2) is 67.7 Å². The average molecular weight is 391 g/mol. The molecule has 0 spiro atoms. The fourth-order valence-corrected chi connectivity index (χ4v) is 3.36. The fourth-order valence-electron chi connectivity index (χ4n) is 3.36. The van der Waals surface area contributed by atoms with E-state index < -0.39 is 5.91 Å². The normalized spacial score (nSPS) is 14.7. The highest BCUT2D eigenvalue weighted by molar-refractivity contribution is 5.91. The molecule has 2 amide bonds. The van der Waals surface area contributed by atoms with Crippen LogP contribution in [-0.2, 0) is 6.54 Å². The second-order valence-corrected chi connectivity index (χ2v) is 6.88. The Kier molecular flexibility index (Phi) is 5.30. The molecule has 2 N–H and O–H groups in total. The first-order valence-electron chi connectivity index (χ1n) is 9.31. The Hall–Kier alpha value is -3.59. The molecule has 0 bridgehead atoms. The molecule has 1 fully saturated rings. The van der Waals surface area contributed by atoms with Gasteiger partial charge in [0.25, 0.3) is 5.91 Å². The lowest BCUT2D eigenvalue weighted by Gasteiger charge is -2.34. The zero-order valence-corrected chi connectivity index (χ0v) is 15.8. The van der Waals surface area contributed by atoms with Crippen molar-refractivity contribution in [3.8, 4) is 11.1 Å². The molecule has 0 saturated carbocycles. The first-order valence-corrected chi connectivity index (χ1v) is 9.31. The quantitative estimate of drug-likeness (QED) is 0.716. The van der Waals surface area contributed by atoms with Gasteiger partial charge in [0.2, 0.25) is 0 Å². The van der Waals surface area contributed by atoms with Crippen LogP contribution in [0.3, 0.4) is 0 Å². The second-order valence-electron chi connectivity index (χ2n) is 6.88. The number of piperazine rings is 1. The molecule has 1 saturated heterocycles. The summed E-state index contributed by atoms with van der Waals surface area (Å²) in [6.07, 6.45) is 6.59. The van der Waals surface area contributed by atoms with Gasteiger partial charge in [-0.3, -0.25) is 9.69 Å². The van der Waals surface area contributed by atoms with Crippen LogP contribution in [0.1, 0.15) is 16.1 Å². The van der Waals surface area contributed by atoms with Crippen molar-refractivity contribution in [1.82, 2.24) is 29.5 Å². The van der Waals surface area contributed by atoms with Crippen LogP contribution in [0.25, 0.3) is 11.1 Å². The summed E-state index contributed by atoms with van der Waals surface area (Å²) in [5, 5.41) is 3.94. The minimum absolute atomic E-state index is 0.0840. The summed E-state index contributed by atoms with van der Waals surface area (Å²) in [5.74, 6) is -0.648. The first kappa shape index (κ1) is 18.8. The van der Waals surface area contributed by atoms with Gasteiger partial charge in [0, 0.05) is 56.9 Å². The van der Waals surface area contributed by atoms with Crippen molar-refractivity contribution in [1.29, 1.82) is 0 Å². The van der Waals surface area contributed by atoms with Crippen molar-refractivity contribution < 1.29 is 9.59 Å². The minimum atomic E-state index is -0.648. The van der Waals surface area contributed by atoms with Crippen molar-refractivity contribution in [3.05, 3.63) is 66.5 Å². The molecule has 3 aromatic rings. The number of carbonyl (C=O) groups excluding carboxylic acids is 2. The van der Waals surface area contributed by atoms with Crippen molar-refractivity contribution in [2.45, 2.75) is 6.54 Å². The number of carbonyl (C=O) groups is 2. The molecule has 0 atom stereocenters. The van der Waals surface area contributed by atoms with Gasteiger partial charge in [-0.2, -0.15) is 9.78 Å². The molecule has 1 aliphatic rings. The van der Waals surface area contributed by atoms with Crippen LogP contribution in [0, 0.1) is 0 Å². The summed E-state index contributed by atoms with van der Waals surface area (Å²) in [5.41, 5.74) is 8.54. The predicted octanol–water partition coefficient (Wildman–Crippen LogP) is 1.22. The van der Waals surface area contributed by atoms with Gasteiger partial charge >= 0.3 is 6.03 Å². The highest BCUT2D eigenvalue weighted by Gasteiger charge is 2.23. The number of rotatable bonds is 4. The maximum Gasteiger partial charge on any atom is 0.344 e. The minimum Gasteiger partial charge on any atom is -0.364 e. The molecule has 1 aromatic carbocycles. The van der Waals surface area contributed by atoms with Gasteiger partial charge in [0.1, 0.15) is 6.33 Å². The summed E-state index contributed by atoms with van der Waals surface area (Å²) in [4.78, 5) is 35.9. The zero-order chi connectivity index (χ0) is 20.2. The van der Waals surface area contributed by atoms with E-state index >= 15 is 0 Å². The van der Waals surface area contributed by atoms with E-state index in [0.717, 1.165) is 30.8 Å². The number of nitrogens with two attached hydrogens (primary N) is 1. The summed E-state index contributed by atoms with van der Waals surface area (Å²) in [7, 11) is 0. The second kappa shape index (κ2) is 8.19. The number of benzene rings is 1. The zero-order valence-electron chi connectivity index (χ0n) is 15.8. The molecular weight excluding hydrogens is 370 g/mol. The van der Waals surface area contributed by atoms with Crippen molar-refractivity contribution in [3.63, 3.8) is 0 Å². The van der Waals surface area contributed by atoms with Gasteiger partial charge in [0.15, 0.2) is 5.69 Å². The van der Waals surface area contributed by atoms with Crippen molar-refractivity contribution >= 4 is 11.9 Å². The van der Waals surface area contributed by atoms with Gasteiger partial charge in [0.05, 0.1) is 0 Å². The molecule has 0 radical (unpaired) electrons. The summed E-state index contributed by atoms with van der Waals surface area (Å²) >= 11 is 0. The smallest absolute Gasteiger partial charge is 0.344 e. The molecule has 2 aromatic heterocycles. The highest BCUT2D eigenvalue weighted by Crippen LogP contribution is 2.20. The first-order chi connectivity index (χ1) is 14.1. The largest absolute Gasteiger partial charge is 0.364 e. The van der Waals surface area contributed by atoms with Gasteiger partial charge in [-0.25, -0.2) is 14.8 Å². The maximum atomic E-state index is 12.5. The van der Waals surface area contributed by atoms with Crippen LogP contribution in [0.15, 0.2) is 55.2 Å². The van der Waals surface area contributed by atoms with Crippen LogP contribution < -0.4 is 5.73 Å². The van der Waals surface area contributed by atoms with E-state index in [0.29, 0.717) is 13.1 Å². The van der Waals surface area contributed by atoms with Crippen LogP contribution >= 0.6 is 0 Å². The van der Waals surface area contributed by atoms with E-state index in [1.807, 2.05) is 12.1 Å². The van der Waals surface area contributed by atoms with E-state index in [4.69, 9.17) is 5.73 Å². The third-order valence-electron chi connectivity index (χ3n) is 4.91. The van der Waals surface area contributed by atoms with Crippen LogP contribution in [0.2, 0.25) is 0 Å². The summed E-state index contributed by atoms with van der Waals surface area (Å²) in [6.45, 7) is 3.51. The van der Waals surface area contributed by atoms with Crippen LogP contribution in [0.5, 0.6) is 0 Å². The Labute approximate surface area is 167 Å². The standard InChI is InChI=1S/C20H21N7O2/c21-19(28)18-4-5-27(24-18)20(29)26-8-6-25(7-9-26)13-15-2-1-3-16(10-15)17-11-22-14-23-12-17/h1-5,10-12,14H,6-9,13H2,(H2,21,28). The number of amides is 2. The molecule has 9 nitrogen and oxygen atoms in total. The van der Waals surface area contributed by atoms with E-state index in [2.05, 4.69) is 32.1 Å². The number of nitrogens with zero attached hydrogens (tertiary/aromatic N) is 6. The topological polar surface area (TPSA) is 110 Å². The summed E-state index contributed by atoms with van der Waals surface area (Å²) < 4.78 is 1.17. The predicted molar refractivity (Wildman–Crippen MR) is 106 cm³/mol. The van der Waals surface area contributed by atoms with Gasteiger partial charge < -0.3 is 10.6 Å². The number of hydrogen-bond donors (Lipinski definition) is 1. The Morgan fingerprint density at radius 3 is 2.45 bits per heavy atom. The van der Waals surface area contributed by atoms with Gasteiger partial charge in [-0.05, 0) is 23.3 Å². The third-order valence-corrected chi connectivity index (χ3v) is 4.91. The Morgan fingerprint density at radius 1 is 1.00 bits per heavy atom. The fraction of sp³-hybridized carbons (Fsp3) is 0.250. The molecule has 9 heteroatoms. The van der Waals surface area contributed by atoms with E-state index in [9.17, 15) is 9.59 Å². The SMILES string of the molecule is NC(=O)c1ccn(C(=O)N2CCN(Cc3cccc(-c4cncnc4)c3)CC2)n1. The number of aromatic nitrogens is 4. The molecular formula is C20H21N7O2. The number of hydrogen-bond acceptors (Lipinski definition) is 6. The molecule has 4 rings (SSSR count). The summed E-state index contributed by atoms with van der Waals surface area (Å²) in [6, 6.07) is 9.52. The lowest BCUT2D eigenvalue weighted by Crippen LogP contribution is -2.49. The highest BCUT2D eigenvalue weighted by atomic mass is 16.2. The Bertz CT molecular complexity index is 1010. The van der Waals surface area contributed by atoms with E-state index in [1.165, 1.54) is 28.8 Å². The van der Waals surface area contributed by atoms with Crippen molar-refractivity contribution in [2.75, 3.05) is 26.2 Å². The van der Waals surface area contributed by atoms with Crippen molar-refractivity contribution in [2.24, 2.45) is 5.73 Å². The molecule has 0 unspecified atom stereocenters. The average Bonchev–Trinajstić information content (AvgIpc) is 3.25. The maximum absolute atomic E-state index is 12.5. The lowest BCUT2D eigenvalue weighted by atomic mass is 10.1. The molecule has 1 aliphatic heterocycles. The van der Waals surface area contributed by atoms with E-state index in [-0.39, 0.29) is 11.7 Å². The Morgan fingerprint density at radius 2 is 1.76 bits per heavy atom. The lowest BCUT2D eigenvalue weighted by molar-refractivity contribution is 0.0995. The molecule has 29 heavy (non-hydrogen) atoms. The Balaban J connectivity index is 1.35. The third kappa shape index (κ3) is 4.30. The molecule has 148 valence electrons. The molecule has 3 heterocycles. The number of primary amides is 1. The monoisotopic (exact) mass is 391 g/mol. The van der Waals surface area contributed by atoms with Gasteiger partial charge in [-0.15, -0.1) is 0 Å². The molecule has 0 aliphatic carbocycles. The van der Waals surface area contributed by atoms with E-state index in [1.54, 1.807) is 17.3 Å². The van der Waals surface area contributed by atoms with Crippen LogP contribution in [0.4, 0.5) is 4.79 Å².